The lowest BCUT2D eigenvalue weighted by atomic mass is 9.93. The van der Waals surface area contributed by atoms with Crippen LogP contribution in [0.2, 0.25) is 10.0 Å². The molecule has 0 fully saturated rings. The second-order valence-corrected chi connectivity index (χ2v) is 5.26. The highest BCUT2D eigenvalue weighted by atomic mass is 35.5. The zero-order valence-electron chi connectivity index (χ0n) is 11.3. The summed E-state index contributed by atoms with van der Waals surface area (Å²) in [6.45, 7) is 4.24. The van der Waals surface area contributed by atoms with E-state index < -0.39 is 0 Å². The number of benzene rings is 2. The number of rotatable bonds is 3. The molecule has 0 atom stereocenters. The van der Waals surface area contributed by atoms with Crippen LogP contribution in [0.5, 0.6) is 5.75 Å². The zero-order valence-corrected chi connectivity index (χ0v) is 12.8. The van der Waals surface area contributed by atoms with E-state index in [-0.39, 0.29) is 0 Å². The second-order valence-electron chi connectivity index (χ2n) is 4.42. The lowest BCUT2D eigenvalue weighted by molar-refractivity contribution is 0.416. The molecule has 0 radical (unpaired) electrons. The highest BCUT2D eigenvalue weighted by Crippen LogP contribution is 2.40. The Morgan fingerprint density at radius 2 is 1.84 bits per heavy atom. The number of hydrogen-bond acceptors (Lipinski definition) is 1. The molecule has 100 valence electrons. The highest BCUT2D eigenvalue weighted by molar-refractivity contribution is 6.36. The van der Waals surface area contributed by atoms with E-state index in [1.54, 1.807) is 13.2 Å². The van der Waals surface area contributed by atoms with Gasteiger partial charge in [0, 0.05) is 16.1 Å². The van der Waals surface area contributed by atoms with E-state index in [0.29, 0.717) is 10.0 Å². The Bertz CT molecular complexity index is 606. The third kappa shape index (κ3) is 2.72. The van der Waals surface area contributed by atoms with Crippen molar-refractivity contribution < 1.29 is 4.74 Å². The van der Waals surface area contributed by atoms with E-state index in [4.69, 9.17) is 27.9 Å². The Morgan fingerprint density at radius 1 is 1.11 bits per heavy atom. The minimum absolute atomic E-state index is 0.637. The normalized spacial score (nSPS) is 10.6. The molecular formula is C16H16Cl2O. The van der Waals surface area contributed by atoms with Gasteiger partial charge in [-0.25, -0.2) is 0 Å². The fourth-order valence-corrected chi connectivity index (χ4v) is 2.85. The molecule has 2 aromatic rings. The summed E-state index contributed by atoms with van der Waals surface area (Å²) in [5, 5.41) is 1.28. The number of methoxy groups -OCH3 is 1. The van der Waals surface area contributed by atoms with Crippen molar-refractivity contribution in [3.8, 4) is 16.9 Å². The molecule has 0 spiro atoms. The van der Waals surface area contributed by atoms with Gasteiger partial charge in [0.15, 0.2) is 0 Å². The molecule has 2 aromatic carbocycles. The summed E-state index contributed by atoms with van der Waals surface area (Å²) >= 11 is 12.3. The zero-order chi connectivity index (χ0) is 14.0. The maximum atomic E-state index is 6.33. The minimum atomic E-state index is 0.637. The molecule has 0 aliphatic heterocycles. The molecule has 0 saturated heterocycles. The molecule has 0 bridgehead atoms. The number of halogens is 2. The van der Waals surface area contributed by atoms with Crippen molar-refractivity contribution in [1.82, 2.24) is 0 Å². The molecular weight excluding hydrogens is 279 g/mol. The van der Waals surface area contributed by atoms with Crippen LogP contribution < -0.4 is 4.74 Å². The standard InChI is InChI=1S/C16H16Cl2O/c1-4-12-10(2)5-8-15(19-3)16(12)13-7-6-11(17)9-14(13)18/h5-9H,4H2,1-3H3. The highest BCUT2D eigenvalue weighted by Gasteiger charge is 2.15. The lowest BCUT2D eigenvalue weighted by Gasteiger charge is -2.17. The largest absolute Gasteiger partial charge is 0.496 e. The van der Waals surface area contributed by atoms with Crippen LogP contribution in [0.25, 0.3) is 11.1 Å². The van der Waals surface area contributed by atoms with E-state index >= 15 is 0 Å². The Kier molecular flexibility index (Phi) is 4.38. The van der Waals surface area contributed by atoms with Crippen LogP contribution in [-0.2, 0) is 6.42 Å². The Morgan fingerprint density at radius 3 is 2.42 bits per heavy atom. The van der Waals surface area contributed by atoms with Crippen molar-refractivity contribution in [2.75, 3.05) is 7.11 Å². The van der Waals surface area contributed by atoms with Crippen LogP contribution in [0.1, 0.15) is 18.1 Å². The fraction of sp³-hybridized carbons (Fsp3) is 0.250. The van der Waals surface area contributed by atoms with E-state index in [2.05, 4.69) is 19.9 Å². The van der Waals surface area contributed by atoms with Gasteiger partial charge in [-0.15, -0.1) is 0 Å². The fourth-order valence-electron chi connectivity index (χ4n) is 2.34. The van der Waals surface area contributed by atoms with Crippen LogP contribution in [0.3, 0.4) is 0 Å². The summed E-state index contributed by atoms with van der Waals surface area (Å²) in [4.78, 5) is 0. The summed E-state index contributed by atoms with van der Waals surface area (Å²) < 4.78 is 5.49. The summed E-state index contributed by atoms with van der Waals surface area (Å²) in [5.74, 6) is 0.840. The van der Waals surface area contributed by atoms with Crippen molar-refractivity contribution >= 4 is 23.2 Å². The summed E-state index contributed by atoms with van der Waals surface area (Å²) in [6.07, 6.45) is 0.928. The van der Waals surface area contributed by atoms with Crippen molar-refractivity contribution in [1.29, 1.82) is 0 Å². The van der Waals surface area contributed by atoms with Gasteiger partial charge < -0.3 is 4.74 Å². The van der Waals surface area contributed by atoms with Gasteiger partial charge in [0.05, 0.1) is 12.1 Å². The lowest BCUT2D eigenvalue weighted by Crippen LogP contribution is -1.97. The first-order valence-electron chi connectivity index (χ1n) is 6.20. The molecule has 0 saturated carbocycles. The maximum absolute atomic E-state index is 6.33. The van der Waals surface area contributed by atoms with E-state index in [1.165, 1.54) is 11.1 Å². The van der Waals surface area contributed by atoms with E-state index in [1.807, 2.05) is 18.2 Å². The van der Waals surface area contributed by atoms with Crippen molar-refractivity contribution in [3.63, 3.8) is 0 Å². The molecule has 1 nitrogen and oxygen atoms in total. The Balaban J connectivity index is 2.75. The van der Waals surface area contributed by atoms with Gasteiger partial charge in [0.25, 0.3) is 0 Å². The molecule has 0 amide bonds. The SMILES string of the molecule is CCc1c(C)ccc(OC)c1-c1ccc(Cl)cc1Cl. The van der Waals surface area contributed by atoms with Crippen LogP contribution >= 0.6 is 23.2 Å². The Labute approximate surface area is 124 Å². The smallest absolute Gasteiger partial charge is 0.127 e. The number of aryl methyl sites for hydroxylation is 1. The molecule has 0 unspecified atom stereocenters. The maximum Gasteiger partial charge on any atom is 0.127 e. The van der Waals surface area contributed by atoms with Crippen molar-refractivity contribution in [2.24, 2.45) is 0 Å². The van der Waals surface area contributed by atoms with Crippen LogP contribution in [0, 0.1) is 6.92 Å². The first-order chi connectivity index (χ1) is 9.08. The predicted molar refractivity (Wildman–Crippen MR) is 82.6 cm³/mol. The first kappa shape index (κ1) is 14.2. The van der Waals surface area contributed by atoms with Gasteiger partial charge in [-0.05, 0) is 42.7 Å². The second kappa shape index (κ2) is 5.85. The quantitative estimate of drug-likeness (QED) is 0.722. The number of ether oxygens (including phenoxy) is 1. The molecule has 0 aliphatic carbocycles. The average Bonchev–Trinajstić information content (AvgIpc) is 2.38. The van der Waals surface area contributed by atoms with Crippen molar-refractivity contribution in [2.45, 2.75) is 20.3 Å². The van der Waals surface area contributed by atoms with Gasteiger partial charge in [-0.3, -0.25) is 0 Å². The van der Waals surface area contributed by atoms with Gasteiger partial charge in [-0.2, -0.15) is 0 Å². The Hall–Kier alpha value is -1.18. The molecule has 19 heavy (non-hydrogen) atoms. The van der Waals surface area contributed by atoms with Gasteiger partial charge in [0.2, 0.25) is 0 Å². The molecule has 0 aliphatic rings. The van der Waals surface area contributed by atoms with Crippen molar-refractivity contribution in [3.05, 3.63) is 51.5 Å². The molecule has 2 rings (SSSR count). The van der Waals surface area contributed by atoms with Gasteiger partial charge in [0.1, 0.15) is 5.75 Å². The average molecular weight is 295 g/mol. The van der Waals surface area contributed by atoms with E-state index in [0.717, 1.165) is 23.3 Å². The van der Waals surface area contributed by atoms with Crippen LogP contribution in [-0.4, -0.2) is 7.11 Å². The van der Waals surface area contributed by atoms with E-state index in [9.17, 15) is 0 Å². The van der Waals surface area contributed by atoms with Gasteiger partial charge in [-0.1, -0.05) is 42.3 Å². The topological polar surface area (TPSA) is 9.23 Å². The first-order valence-corrected chi connectivity index (χ1v) is 6.96. The summed E-state index contributed by atoms with van der Waals surface area (Å²) in [6, 6.07) is 9.62. The predicted octanol–water partition coefficient (Wildman–Crippen LogP) is 5.54. The third-order valence-electron chi connectivity index (χ3n) is 3.28. The summed E-state index contributed by atoms with van der Waals surface area (Å²) in [5.41, 5.74) is 4.52. The van der Waals surface area contributed by atoms with Gasteiger partial charge >= 0.3 is 0 Å². The third-order valence-corrected chi connectivity index (χ3v) is 3.83. The van der Waals surface area contributed by atoms with Crippen LogP contribution in [0.15, 0.2) is 30.3 Å². The number of hydrogen-bond donors (Lipinski definition) is 0. The molecule has 0 N–H and O–H groups in total. The molecule has 3 heteroatoms. The molecule has 0 heterocycles. The van der Waals surface area contributed by atoms with Crippen LogP contribution in [0.4, 0.5) is 0 Å². The molecule has 0 aromatic heterocycles. The summed E-state index contributed by atoms with van der Waals surface area (Å²) in [7, 11) is 1.68. The monoisotopic (exact) mass is 294 g/mol. The minimum Gasteiger partial charge on any atom is -0.496 e.